The van der Waals surface area contributed by atoms with Crippen LogP contribution in [-0.2, 0) is 13.1 Å². The molecule has 0 spiro atoms. The zero-order chi connectivity index (χ0) is 47.6. The highest BCUT2D eigenvalue weighted by Gasteiger charge is 2.22. The number of fused-ring (bicyclic) bond motifs is 15. The predicted molar refractivity (Wildman–Crippen MR) is 303 cm³/mol. The third-order valence-electron chi connectivity index (χ3n) is 15.2. The molecule has 72 heavy (non-hydrogen) atoms. The van der Waals surface area contributed by atoms with Crippen LogP contribution >= 0.6 is 0 Å². The minimum atomic E-state index is 0.842. The quantitative estimate of drug-likeness (QED) is 0.152. The Morgan fingerprint density at radius 3 is 1.12 bits per heavy atom. The van der Waals surface area contributed by atoms with E-state index >= 15 is 0 Å². The number of benzene rings is 11. The molecule has 0 radical (unpaired) electrons. The Morgan fingerprint density at radius 1 is 0.292 bits per heavy atom. The second kappa shape index (κ2) is 15.6. The molecule has 0 aliphatic rings. The van der Waals surface area contributed by atoms with Crippen LogP contribution in [0.4, 0.5) is 34.1 Å². The van der Waals surface area contributed by atoms with Gasteiger partial charge in [0.25, 0.3) is 0 Å². The standard InChI is InChI=1S/C66H46N4O2/c1-3-67-57-21-13-11-19-51(57)53-39-49(27-29-59(53)67)69(45-15-7-5-8-16-45)47-25-23-41-35-55-63(37-43(41)33-47)71-61-31-32-62-66(65(55)61)56-36-42-24-26-48(34-44(42)38-64(56)72-62)70(46-17-9-6-10-18-46)50-28-30-60-54(40-50)52-20-12-14-22-58(52)68(60)4-2/h5-40H,3-4H2,1-2H3. The van der Waals surface area contributed by atoms with E-state index in [4.69, 9.17) is 8.83 Å². The lowest BCUT2D eigenvalue weighted by Gasteiger charge is -2.26. The van der Waals surface area contributed by atoms with Crippen molar-refractivity contribution in [3.05, 3.63) is 218 Å². The summed E-state index contributed by atoms with van der Waals surface area (Å²) in [4.78, 5) is 4.72. The molecule has 0 aliphatic carbocycles. The van der Waals surface area contributed by atoms with E-state index in [0.29, 0.717) is 0 Å². The van der Waals surface area contributed by atoms with E-state index in [0.717, 1.165) is 113 Å². The highest BCUT2D eigenvalue weighted by Crippen LogP contribution is 2.46. The van der Waals surface area contributed by atoms with Gasteiger partial charge in [-0.05, 0) is 169 Å². The predicted octanol–water partition coefficient (Wildman–Crippen LogP) is 19.0. The number of rotatable bonds is 8. The van der Waals surface area contributed by atoms with Gasteiger partial charge in [0.15, 0.2) is 0 Å². The van der Waals surface area contributed by atoms with Gasteiger partial charge in [-0.2, -0.15) is 0 Å². The van der Waals surface area contributed by atoms with Gasteiger partial charge >= 0.3 is 0 Å². The SMILES string of the molecule is CCn1c2ccccc2c2cc(N(c3ccccc3)c3ccc4cc5c(cc4c3)oc3ccc4oc6cc7cc(N(c8ccccc8)c8ccc9c(c8)c8ccccc8n9CC)ccc7cc6c4c35)ccc21. The number of para-hydroxylation sites is 4. The van der Waals surface area contributed by atoms with Crippen molar-refractivity contribution in [3.8, 4) is 0 Å². The van der Waals surface area contributed by atoms with Crippen LogP contribution in [0.1, 0.15) is 13.8 Å². The summed E-state index contributed by atoms with van der Waals surface area (Å²) in [5.74, 6) is 0. The van der Waals surface area contributed by atoms with Crippen LogP contribution in [0.2, 0.25) is 0 Å². The molecule has 6 heteroatoms. The van der Waals surface area contributed by atoms with Crippen molar-refractivity contribution in [2.75, 3.05) is 9.80 Å². The van der Waals surface area contributed by atoms with Gasteiger partial charge in [-0.3, -0.25) is 0 Å². The summed E-state index contributed by atoms with van der Waals surface area (Å²) in [6.07, 6.45) is 0. The number of aromatic nitrogens is 2. The van der Waals surface area contributed by atoms with Gasteiger partial charge in [0.05, 0.1) is 0 Å². The first-order chi connectivity index (χ1) is 35.6. The summed E-state index contributed by atoms with van der Waals surface area (Å²) < 4.78 is 18.3. The lowest BCUT2D eigenvalue weighted by Crippen LogP contribution is -2.09. The van der Waals surface area contributed by atoms with E-state index in [9.17, 15) is 0 Å². The van der Waals surface area contributed by atoms with Crippen molar-refractivity contribution in [1.29, 1.82) is 0 Å². The van der Waals surface area contributed by atoms with Gasteiger partial charge in [0.2, 0.25) is 0 Å². The van der Waals surface area contributed by atoms with Crippen LogP contribution in [0.3, 0.4) is 0 Å². The number of aryl methyl sites for hydroxylation is 2. The zero-order valence-electron chi connectivity index (χ0n) is 39.8. The molecule has 0 saturated carbocycles. The summed E-state index contributed by atoms with van der Waals surface area (Å²) in [6, 6.07) is 79.2. The molecule has 4 aromatic heterocycles. The first-order valence-corrected chi connectivity index (χ1v) is 25.0. The average molecular weight is 927 g/mol. The van der Waals surface area contributed by atoms with Crippen molar-refractivity contribution < 1.29 is 8.83 Å². The number of anilines is 6. The molecule has 0 atom stereocenters. The van der Waals surface area contributed by atoms with E-state index in [2.05, 4.69) is 251 Å². The molecule has 0 fully saturated rings. The van der Waals surface area contributed by atoms with E-state index < -0.39 is 0 Å². The van der Waals surface area contributed by atoms with Crippen LogP contribution in [0, 0.1) is 0 Å². The van der Waals surface area contributed by atoms with Gasteiger partial charge in [-0.15, -0.1) is 0 Å². The molecular weight excluding hydrogens is 881 g/mol. The molecule has 15 aromatic rings. The van der Waals surface area contributed by atoms with E-state index in [1.807, 2.05) is 0 Å². The average Bonchev–Trinajstić information content (AvgIpc) is 4.17. The maximum absolute atomic E-state index is 6.77. The molecule has 0 bridgehead atoms. The number of furan rings is 2. The number of hydrogen-bond acceptors (Lipinski definition) is 4. The van der Waals surface area contributed by atoms with Gasteiger partial charge in [-0.25, -0.2) is 0 Å². The van der Waals surface area contributed by atoms with Crippen LogP contribution in [-0.4, -0.2) is 9.13 Å². The lowest BCUT2D eigenvalue weighted by molar-refractivity contribution is 0.663. The Labute approximate surface area is 414 Å². The number of nitrogens with zero attached hydrogens (tertiary/aromatic N) is 4. The molecule has 4 heterocycles. The van der Waals surface area contributed by atoms with E-state index in [-0.39, 0.29) is 0 Å². The fourth-order valence-corrected chi connectivity index (χ4v) is 12.0. The molecule has 0 aliphatic heterocycles. The molecule has 342 valence electrons. The Kier molecular flexibility index (Phi) is 8.81. The van der Waals surface area contributed by atoms with Crippen molar-refractivity contribution in [3.63, 3.8) is 0 Å². The maximum atomic E-state index is 6.77. The topological polar surface area (TPSA) is 42.6 Å². The minimum absolute atomic E-state index is 0.842. The van der Waals surface area contributed by atoms with Crippen LogP contribution in [0.15, 0.2) is 227 Å². The second-order valence-electron chi connectivity index (χ2n) is 19.0. The first kappa shape index (κ1) is 40.6. The monoisotopic (exact) mass is 926 g/mol. The largest absolute Gasteiger partial charge is 0.456 e. The molecule has 0 N–H and O–H groups in total. The Hall–Kier alpha value is -9.26. The highest BCUT2D eigenvalue weighted by molar-refractivity contribution is 6.28. The summed E-state index contributed by atoms with van der Waals surface area (Å²) >= 11 is 0. The smallest absolute Gasteiger partial charge is 0.136 e. The Bertz CT molecular complexity index is 4370. The third-order valence-corrected chi connectivity index (χ3v) is 15.2. The highest BCUT2D eigenvalue weighted by atomic mass is 16.3. The molecular formula is C66H46N4O2. The number of hydrogen-bond donors (Lipinski definition) is 0. The van der Waals surface area contributed by atoms with Crippen molar-refractivity contribution in [1.82, 2.24) is 9.13 Å². The Balaban J connectivity index is 0.845. The molecule has 11 aromatic carbocycles. The first-order valence-electron chi connectivity index (χ1n) is 25.0. The van der Waals surface area contributed by atoms with Gasteiger partial charge in [0.1, 0.15) is 22.3 Å². The fourth-order valence-electron chi connectivity index (χ4n) is 12.0. The van der Waals surface area contributed by atoms with Crippen LogP contribution in [0.5, 0.6) is 0 Å². The summed E-state index contributed by atoms with van der Waals surface area (Å²) in [7, 11) is 0. The zero-order valence-corrected chi connectivity index (χ0v) is 39.8. The van der Waals surface area contributed by atoms with Gasteiger partial charge in [-0.1, -0.05) is 84.9 Å². The van der Waals surface area contributed by atoms with Crippen molar-refractivity contribution in [2.45, 2.75) is 26.9 Å². The minimum Gasteiger partial charge on any atom is -0.456 e. The molecule has 15 rings (SSSR count). The van der Waals surface area contributed by atoms with Crippen molar-refractivity contribution >= 4 is 143 Å². The third kappa shape index (κ3) is 6.02. The normalized spacial score (nSPS) is 12.1. The Morgan fingerprint density at radius 2 is 0.681 bits per heavy atom. The van der Waals surface area contributed by atoms with E-state index in [1.165, 1.54) is 43.6 Å². The molecule has 0 unspecified atom stereocenters. The van der Waals surface area contributed by atoms with Crippen LogP contribution in [0.25, 0.3) is 109 Å². The lowest BCUT2D eigenvalue weighted by atomic mass is 10.0. The van der Waals surface area contributed by atoms with Gasteiger partial charge in [0, 0.05) is 112 Å². The van der Waals surface area contributed by atoms with Crippen LogP contribution < -0.4 is 9.80 Å². The molecule has 6 nitrogen and oxygen atoms in total. The summed E-state index contributed by atoms with van der Waals surface area (Å²) in [6.45, 7) is 6.26. The molecule has 0 saturated heterocycles. The summed E-state index contributed by atoms with van der Waals surface area (Å²) in [5, 5.41) is 13.8. The maximum Gasteiger partial charge on any atom is 0.136 e. The van der Waals surface area contributed by atoms with Gasteiger partial charge < -0.3 is 27.8 Å². The van der Waals surface area contributed by atoms with Crippen molar-refractivity contribution in [2.24, 2.45) is 0 Å². The molecule has 0 amide bonds. The van der Waals surface area contributed by atoms with E-state index in [1.54, 1.807) is 0 Å². The summed E-state index contributed by atoms with van der Waals surface area (Å²) in [5.41, 5.74) is 15.0. The fraction of sp³-hybridized carbons (Fsp3) is 0.0606. The second-order valence-corrected chi connectivity index (χ2v) is 19.0.